The van der Waals surface area contributed by atoms with E-state index in [1.165, 1.54) is 11.3 Å². The largest absolute Gasteiger partial charge is 0.384 e. The van der Waals surface area contributed by atoms with Crippen LogP contribution in [0.4, 0.5) is 5.69 Å². The molecule has 0 spiro atoms. The molecule has 6 heteroatoms. The average molecular weight is 311 g/mol. The molecular formula is C14H15ClN2O2S. The van der Waals surface area contributed by atoms with Gasteiger partial charge in [0, 0.05) is 18.1 Å². The van der Waals surface area contributed by atoms with Gasteiger partial charge in [-0.05, 0) is 12.1 Å². The van der Waals surface area contributed by atoms with Crippen LogP contribution in [0.15, 0.2) is 29.6 Å². The minimum absolute atomic E-state index is 0.0755. The number of anilines is 1. The third-order valence-corrected chi connectivity index (χ3v) is 3.85. The Morgan fingerprint density at radius 2 is 2.25 bits per heavy atom. The van der Waals surface area contributed by atoms with Gasteiger partial charge < -0.3 is 10.1 Å². The third kappa shape index (κ3) is 3.79. The van der Waals surface area contributed by atoms with E-state index >= 15 is 0 Å². The number of aromatic nitrogens is 1. The van der Waals surface area contributed by atoms with E-state index in [1.54, 1.807) is 7.11 Å². The van der Waals surface area contributed by atoms with Gasteiger partial charge in [0.1, 0.15) is 5.01 Å². The molecule has 0 aliphatic carbocycles. The summed E-state index contributed by atoms with van der Waals surface area (Å²) in [4.78, 5) is 16.2. The highest BCUT2D eigenvalue weighted by Crippen LogP contribution is 2.30. The Hall–Kier alpha value is -1.43. The number of nitrogens with one attached hydrogen (secondary N) is 1. The topological polar surface area (TPSA) is 51.2 Å². The molecule has 0 bridgehead atoms. The maximum Gasteiger partial charge on any atom is 0.226 e. The van der Waals surface area contributed by atoms with E-state index in [2.05, 4.69) is 10.3 Å². The molecule has 0 aliphatic rings. The first-order valence-electron chi connectivity index (χ1n) is 6.13. The molecule has 0 saturated heterocycles. The van der Waals surface area contributed by atoms with E-state index in [9.17, 15) is 4.79 Å². The number of para-hydroxylation sites is 1. The second-order valence-electron chi connectivity index (χ2n) is 4.11. The first kappa shape index (κ1) is 15.0. The Morgan fingerprint density at radius 1 is 1.45 bits per heavy atom. The van der Waals surface area contributed by atoms with Gasteiger partial charge in [-0.1, -0.05) is 12.1 Å². The van der Waals surface area contributed by atoms with Crippen LogP contribution >= 0.6 is 22.9 Å². The van der Waals surface area contributed by atoms with Crippen molar-refractivity contribution in [3.63, 3.8) is 0 Å². The van der Waals surface area contributed by atoms with E-state index in [4.69, 9.17) is 16.3 Å². The van der Waals surface area contributed by atoms with Crippen molar-refractivity contribution in [2.45, 2.75) is 12.3 Å². The van der Waals surface area contributed by atoms with E-state index in [-0.39, 0.29) is 5.91 Å². The first-order valence-corrected chi connectivity index (χ1v) is 7.54. The zero-order chi connectivity index (χ0) is 14.4. The maximum absolute atomic E-state index is 11.8. The standard InChI is InChI=1S/C14H15ClN2O2S/c1-19-7-6-13(18)17-12-5-3-2-4-11(12)14-16-10(8-15)9-20-14/h2-5,9H,6-8H2,1H3,(H,17,18). The summed E-state index contributed by atoms with van der Waals surface area (Å²) >= 11 is 7.28. The number of thiazole rings is 1. The molecule has 4 nitrogen and oxygen atoms in total. The molecule has 20 heavy (non-hydrogen) atoms. The quantitative estimate of drug-likeness (QED) is 0.830. The van der Waals surface area contributed by atoms with Crippen molar-refractivity contribution in [3.05, 3.63) is 35.3 Å². The lowest BCUT2D eigenvalue weighted by molar-refractivity contribution is -0.117. The molecule has 1 aromatic heterocycles. The molecule has 1 N–H and O–H groups in total. The van der Waals surface area contributed by atoms with Crippen molar-refractivity contribution in [1.82, 2.24) is 4.98 Å². The van der Waals surface area contributed by atoms with Gasteiger partial charge in [0.2, 0.25) is 5.91 Å². The molecule has 106 valence electrons. The molecule has 0 radical (unpaired) electrons. The number of rotatable bonds is 6. The highest BCUT2D eigenvalue weighted by molar-refractivity contribution is 7.13. The Labute approximate surface area is 126 Å². The SMILES string of the molecule is COCCC(=O)Nc1ccccc1-c1nc(CCl)cs1. The fraction of sp³-hybridized carbons (Fsp3) is 0.286. The molecule has 0 unspecified atom stereocenters. The van der Waals surface area contributed by atoms with Gasteiger partial charge >= 0.3 is 0 Å². The van der Waals surface area contributed by atoms with E-state index < -0.39 is 0 Å². The summed E-state index contributed by atoms with van der Waals surface area (Å²) in [7, 11) is 1.57. The number of methoxy groups -OCH3 is 1. The first-order chi connectivity index (χ1) is 9.74. The van der Waals surface area contributed by atoms with Gasteiger partial charge in [-0.15, -0.1) is 22.9 Å². The molecule has 1 amide bonds. The Kier molecular flexibility index (Phi) is 5.52. The van der Waals surface area contributed by atoms with Crippen LogP contribution in [0.3, 0.4) is 0 Å². The monoisotopic (exact) mass is 310 g/mol. The number of carbonyl (C=O) groups is 1. The lowest BCUT2D eigenvalue weighted by Gasteiger charge is -2.09. The molecule has 0 fully saturated rings. The fourth-order valence-electron chi connectivity index (χ4n) is 1.68. The zero-order valence-electron chi connectivity index (χ0n) is 11.1. The molecule has 2 rings (SSSR count). The normalized spacial score (nSPS) is 10.5. The molecule has 1 aromatic carbocycles. The average Bonchev–Trinajstić information content (AvgIpc) is 2.94. The van der Waals surface area contributed by atoms with Gasteiger partial charge in [-0.25, -0.2) is 4.98 Å². The number of halogens is 1. The predicted octanol–water partition coefficient (Wildman–Crippen LogP) is 3.52. The lowest BCUT2D eigenvalue weighted by Crippen LogP contribution is -2.14. The molecule has 0 saturated carbocycles. The highest BCUT2D eigenvalue weighted by Gasteiger charge is 2.11. The van der Waals surface area contributed by atoms with Crippen LogP contribution in [0, 0.1) is 0 Å². The Balaban J connectivity index is 2.19. The smallest absolute Gasteiger partial charge is 0.226 e. The van der Waals surface area contributed by atoms with Crippen LogP contribution < -0.4 is 5.32 Å². The fourth-order valence-corrected chi connectivity index (χ4v) is 2.77. The van der Waals surface area contributed by atoms with E-state index in [0.717, 1.165) is 22.0 Å². The predicted molar refractivity (Wildman–Crippen MR) is 82.2 cm³/mol. The number of nitrogens with zero attached hydrogens (tertiary/aromatic N) is 1. The molecule has 0 atom stereocenters. The molecular weight excluding hydrogens is 296 g/mol. The summed E-state index contributed by atoms with van der Waals surface area (Å²) in [5.41, 5.74) is 2.50. The Morgan fingerprint density at radius 3 is 2.95 bits per heavy atom. The number of hydrogen-bond acceptors (Lipinski definition) is 4. The zero-order valence-corrected chi connectivity index (χ0v) is 12.6. The van der Waals surface area contributed by atoms with Crippen LogP contribution in [-0.4, -0.2) is 24.6 Å². The summed E-state index contributed by atoms with van der Waals surface area (Å²) in [5, 5.41) is 5.66. The van der Waals surface area contributed by atoms with Crippen LogP contribution in [0.25, 0.3) is 10.6 Å². The number of benzene rings is 1. The highest BCUT2D eigenvalue weighted by atomic mass is 35.5. The van der Waals surface area contributed by atoms with E-state index in [1.807, 2.05) is 29.6 Å². The van der Waals surface area contributed by atoms with Crippen molar-refractivity contribution in [3.8, 4) is 10.6 Å². The van der Waals surface area contributed by atoms with Crippen LogP contribution in [0.5, 0.6) is 0 Å². The van der Waals surface area contributed by atoms with E-state index in [0.29, 0.717) is 18.9 Å². The van der Waals surface area contributed by atoms with Crippen molar-refractivity contribution >= 4 is 34.5 Å². The number of carbonyl (C=O) groups excluding carboxylic acids is 1. The van der Waals surface area contributed by atoms with Crippen LogP contribution in [-0.2, 0) is 15.4 Å². The van der Waals surface area contributed by atoms with Crippen molar-refractivity contribution in [2.24, 2.45) is 0 Å². The lowest BCUT2D eigenvalue weighted by atomic mass is 10.2. The molecule has 1 heterocycles. The summed E-state index contributed by atoms with van der Waals surface area (Å²) in [6.45, 7) is 0.404. The summed E-state index contributed by atoms with van der Waals surface area (Å²) < 4.78 is 4.90. The Bertz CT molecular complexity index is 586. The van der Waals surface area contributed by atoms with Crippen molar-refractivity contribution in [2.75, 3.05) is 19.0 Å². The van der Waals surface area contributed by atoms with Gasteiger partial charge in [0.15, 0.2) is 0 Å². The van der Waals surface area contributed by atoms with Gasteiger partial charge in [0.25, 0.3) is 0 Å². The van der Waals surface area contributed by atoms with Crippen LogP contribution in [0.2, 0.25) is 0 Å². The second-order valence-corrected chi connectivity index (χ2v) is 5.24. The van der Waals surface area contributed by atoms with Crippen molar-refractivity contribution in [1.29, 1.82) is 0 Å². The summed E-state index contributed by atoms with van der Waals surface area (Å²) in [6, 6.07) is 7.60. The number of ether oxygens (including phenoxy) is 1. The summed E-state index contributed by atoms with van der Waals surface area (Å²) in [6.07, 6.45) is 0.329. The second kappa shape index (κ2) is 7.38. The number of alkyl halides is 1. The minimum Gasteiger partial charge on any atom is -0.384 e. The van der Waals surface area contributed by atoms with Gasteiger partial charge in [0.05, 0.1) is 30.3 Å². The number of hydrogen-bond donors (Lipinski definition) is 1. The third-order valence-electron chi connectivity index (χ3n) is 2.65. The van der Waals surface area contributed by atoms with Gasteiger partial charge in [-0.2, -0.15) is 0 Å². The molecule has 0 aliphatic heterocycles. The van der Waals surface area contributed by atoms with Crippen LogP contribution in [0.1, 0.15) is 12.1 Å². The van der Waals surface area contributed by atoms with Gasteiger partial charge in [-0.3, -0.25) is 4.79 Å². The van der Waals surface area contributed by atoms with Crippen molar-refractivity contribution < 1.29 is 9.53 Å². The summed E-state index contributed by atoms with van der Waals surface area (Å²) in [5.74, 6) is 0.312. The molecule has 2 aromatic rings. The maximum atomic E-state index is 11.8. The number of amides is 1. The minimum atomic E-state index is -0.0755.